The zero-order chi connectivity index (χ0) is 9.84. The van der Waals surface area contributed by atoms with Crippen molar-refractivity contribution in [2.24, 2.45) is 0 Å². The number of ketones is 1. The van der Waals surface area contributed by atoms with Crippen molar-refractivity contribution in [1.29, 1.82) is 0 Å². The van der Waals surface area contributed by atoms with E-state index in [0.717, 1.165) is 0 Å². The number of carbonyl (C=O) groups is 1. The van der Waals surface area contributed by atoms with Crippen LogP contribution in [0.4, 0.5) is 11.8 Å². The largest absolute Gasteiger partial charge is 0.383 e. The number of nitrogens with zero attached hydrogens (tertiary/aromatic N) is 2. The summed E-state index contributed by atoms with van der Waals surface area (Å²) < 4.78 is 0. The van der Waals surface area contributed by atoms with E-state index in [1.54, 1.807) is 6.07 Å². The van der Waals surface area contributed by atoms with Crippen molar-refractivity contribution in [3.63, 3.8) is 0 Å². The van der Waals surface area contributed by atoms with Crippen molar-refractivity contribution in [2.45, 2.75) is 11.9 Å². The summed E-state index contributed by atoms with van der Waals surface area (Å²) in [5.41, 5.74) is 10.8. The lowest BCUT2D eigenvalue weighted by Gasteiger charge is -2.00. The molecule has 5 nitrogen and oxygen atoms in total. The van der Waals surface area contributed by atoms with Crippen LogP contribution in [0, 0.1) is 0 Å². The lowest BCUT2D eigenvalue weighted by molar-refractivity contribution is -0.114. The molecule has 0 saturated carbocycles. The van der Waals surface area contributed by atoms with Gasteiger partial charge in [0, 0.05) is 6.07 Å². The molecule has 0 aliphatic carbocycles. The number of anilines is 2. The van der Waals surface area contributed by atoms with E-state index < -0.39 is 0 Å². The van der Waals surface area contributed by atoms with Gasteiger partial charge in [-0.05, 0) is 6.92 Å². The van der Waals surface area contributed by atoms with Gasteiger partial charge < -0.3 is 11.5 Å². The fourth-order valence-electron chi connectivity index (χ4n) is 0.711. The van der Waals surface area contributed by atoms with Gasteiger partial charge in [-0.3, -0.25) is 4.79 Å². The molecule has 1 aromatic heterocycles. The highest BCUT2D eigenvalue weighted by molar-refractivity contribution is 7.99. The van der Waals surface area contributed by atoms with Crippen LogP contribution in [-0.2, 0) is 4.79 Å². The average Bonchev–Trinajstić information content (AvgIpc) is 1.99. The molecule has 0 saturated heterocycles. The van der Waals surface area contributed by atoms with Gasteiger partial charge in [0.1, 0.15) is 16.6 Å². The molecule has 0 bridgehead atoms. The van der Waals surface area contributed by atoms with Gasteiger partial charge in [0.05, 0.1) is 5.75 Å². The van der Waals surface area contributed by atoms with Crippen LogP contribution in [0.3, 0.4) is 0 Å². The zero-order valence-electron chi connectivity index (χ0n) is 7.15. The van der Waals surface area contributed by atoms with Gasteiger partial charge in [0.2, 0.25) is 5.95 Å². The van der Waals surface area contributed by atoms with Gasteiger partial charge >= 0.3 is 0 Å². The van der Waals surface area contributed by atoms with Crippen molar-refractivity contribution in [2.75, 3.05) is 17.2 Å². The van der Waals surface area contributed by atoms with Crippen molar-refractivity contribution in [3.05, 3.63) is 6.07 Å². The molecule has 4 N–H and O–H groups in total. The fraction of sp³-hybridized carbons (Fsp3) is 0.286. The third-order valence-electron chi connectivity index (χ3n) is 1.16. The first-order chi connectivity index (χ1) is 6.08. The smallest absolute Gasteiger partial charge is 0.223 e. The van der Waals surface area contributed by atoms with Crippen LogP contribution in [0.25, 0.3) is 0 Å². The number of aromatic nitrogens is 2. The Hall–Kier alpha value is -1.30. The summed E-state index contributed by atoms with van der Waals surface area (Å²) in [6.07, 6.45) is 0. The predicted molar refractivity (Wildman–Crippen MR) is 52.3 cm³/mol. The maximum atomic E-state index is 10.7. The maximum Gasteiger partial charge on any atom is 0.223 e. The summed E-state index contributed by atoms with van der Waals surface area (Å²) in [6, 6.07) is 1.59. The average molecular weight is 198 g/mol. The third kappa shape index (κ3) is 3.29. The molecule has 0 aromatic carbocycles. The first-order valence-electron chi connectivity index (χ1n) is 3.60. The number of thioether (sulfide) groups is 1. The summed E-state index contributed by atoms with van der Waals surface area (Å²) >= 11 is 1.30. The lowest BCUT2D eigenvalue weighted by atomic mass is 10.5. The summed E-state index contributed by atoms with van der Waals surface area (Å²) in [7, 11) is 0. The Balaban J connectivity index is 2.71. The minimum Gasteiger partial charge on any atom is -0.383 e. The van der Waals surface area contributed by atoms with Crippen molar-refractivity contribution in [1.82, 2.24) is 9.97 Å². The molecule has 6 heteroatoms. The minimum absolute atomic E-state index is 0.0840. The van der Waals surface area contributed by atoms with Gasteiger partial charge in [0.15, 0.2) is 0 Å². The van der Waals surface area contributed by atoms with E-state index in [2.05, 4.69) is 9.97 Å². The molecule has 0 aliphatic heterocycles. The van der Waals surface area contributed by atoms with E-state index in [1.165, 1.54) is 18.7 Å². The highest BCUT2D eigenvalue weighted by atomic mass is 32.2. The van der Waals surface area contributed by atoms with E-state index in [1.807, 2.05) is 0 Å². The standard InChI is InChI=1S/C7H10N4OS/c1-4(12)3-13-6-2-5(8)10-7(9)11-6/h2H,3H2,1H3,(H4,8,9,10,11). The van der Waals surface area contributed by atoms with Crippen LogP contribution in [0.1, 0.15) is 6.92 Å². The van der Waals surface area contributed by atoms with Crippen LogP contribution in [0.15, 0.2) is 11.1 Å². The van der Waals surface area contributed by atoms with E-state index >= 15 is 0 Å². The molecule has 0 spiro atoms. The van der Waals surface area contributed by atoms with Gasteiger partial charge in [-0.25, -0.2) is 4.98 Å². The Morgan fingerprint density at radius 3 is 2.77 bits per heavy atom. The Morgan fingerprint density at radius 2 is 2.23 bits per heavy atom. The summed E-state index contributed by atoms with van der Waals surface area (Å²) in [5.74, 6) is 0.904. The molecule has 0 atom stereocenters. The highest BCUT2D eigenvalue weighted by Crippen LogP contribution is 2.17. The Morgan fingerprint density at radius 1 is 1.54 bits per heavy atom. The van der Waals surface area contributed by atoms with Crippen LogP contribution >= 0.6 is 11.8 Å². The molecule has 0 radical (unpaired) electrons. The summed E-state index contributed by atoms with van der Waals surface area (Å²) in [6.45, 7) is 1.51. The second kappa shape index (κ2) is 4.08. The Bertz CT molecular complexity index is 308. The van der Waals surface area contributed by atoms with Gasteiger partial charge in [-0.2, -0.15) is 4.98 Å². The third-order valence-corrected chi connectivity index (χ3v) is 2.22. The number of rotatable bonds is 3. The van der Waals surface area contributed by atoms with E-state index in [9.17, 15) is 4.79 Å². The fourth-order valence-corrected chi connectivity index (χ4v) is 1.42. The van der Waals surface area contributed by atoms with Gasteiger partial charge in [0.25, 0.3) is 0 Å². The molecular formula is C7H10N4OS. The van der Waals surface area contributed by atoms with Crippen molar-refractivity contribution in [3.8, 4) is 0 Å². The lowest BCUT2D eigenvalue weighted by Crippen LogP contribution is -2.01. The normalized spacial score (nSPS) is 9.92. The van der Waals surface area contributed by atoms with E-state index in [0.29, 0.717) is 16.6 Å². The topological polar surface area (TPSA) is 94.9 Å². The number of hydrogen-bond donors (Lipinski definition) is 2. The van der Waals surface area contributed by atoms with Crippen molar-refractivity contribution >= 4 is 29.3 Å². The van der Waals surface area contributed by atoms with Crippen LogP contribution < -0.4 is 11.5 Å². The van der Waals surface area contributed by atoms with Gasteiger partial charge in [-0.15, -0.1) is 0 Å². The number of Topliss-reactive ketones (excluding diaryl/α,β-unsaturated/α-hetero) is 1. The molecule has 13 heavy (non-hydrogen) atoms. The first kappa shape index (κ1) is 9.79. The molecule has 0 unspecified atom stereocenters. The quantitative estimate of drug-likeness (QED) is 0.536. The molecule has 1 rings (SSSR count). The second-order valence-electron chi connectivity index (χ2n) is 2.48. The number of carbonyl (C=O) groups excluding carboxylic acids is 1. The Kier molecular flexibility index (Phi) is 3.07. The molecule has 1 aromatic rings. The molecule has 70 valence electrons. The maximum absolute atomic E-state index is 10.7. The molecule has 0 amide bonds. The number of nitrogen functional groups attached to an aromatic ring is 2. The molecular weight excluding hydrogens is 188 g/mol. The molecule has 1 heterocycles. The molecule has 0 fully saturated rings. The Labute approximate surface area is 79.9 Å². The highest BCUT2D eigenvalue weighted by Gasteiger charge is 2.01. The van der Waals surface area contributed by atoms with Crippen molar-refractivity contribution < 1.29 is 4.79 Å². The zero-order valence-corrected chi connectivity index (χ0v) is 7.97. The molecule has 0 aliphatic rings. The second-order valence-corrected chi connectivity index (χ2v) is 3.48. The first-order valence-corrected chi connectivity index (χ1v) is 4.59. The van der Waals surface area contributed by atoms with E-state index in [-0.39, 0.29) is 11.7 Å². The monoisotopic (exact) mass is 198 g/mol. The number of hydrogen-bond acceptors (Lipinski definition) is 6. The minimum atomic E-state index is 0.0840. The predicted octanol–water partition coefficient (Wildman–Crippen LogP) is 0.322. The summed E-state index contributed by atoms with van der Waals surface area (Å²) in [4.78, 5) is 18.3. The SMILES string of the molecule is CC(=O)CSc1cc(N)nc(N)n1. The summed E-state index contributed by atoms with van der Waals surface area (Å²) in [5, 5.41) is 0.625. The van der Waals surface area contributed by atoms with Gasteiger partial charge in [-0.1, -0.05) is 11.8 Å². The van der Waals surface area contributed by atoms with Crippen LogP contribution in [0.5, 0.6) is 0 Å². The van der Waals surface area contributed by atoms with Crippen LogP contribution in [0.2, 0.25) is 0 Å². The van der Waals surface area contributed by atoms with Crippen LogP contribution in [-0.4, -0.2) is 21.5 Å². The number of nitrogens with two attached hydrogens (primary N) is 2. The van der Waals surface area contributed by atoms with E-state index in [4.69, 9.17) is 11.5 Å².